The summed E-state index contributed by atoms with van der Waals surface area (Å²) in [5.41, 5.74) is 1.52. The van der Waals surface area contributed by atoms with Crippen LogP contribution in [0.25, 0.3) is 0 Å². The van der Waals surface area contributed by atoms with E-state index in [-0.39, 0.29) is 0 Å². The third kappa shape index (κ3) is 3.17. The second kappa shape index (κ2) is 5.63. The number of halogens is 5. The van der Waals surface area contributed by atoms with Gasteiger partial charge in [-0.1, -0.05) is 0 Å². The normalized spacial score (nSPS) is 24.7. The number of nitrogens with zero attached hydrogens (tertiary/aromatic N) is 2. The zero-order valence-corrected chi connectivity index (χ0v) is 11.3. The summed E-state index contributed by atoms with van der Waals surface area (Å²) in [6.45, 7) is -1.54. The molecule has 0 spiro atoms. The van der Waals surface area contributed by atoms with Gasteiger partial charge in [0.2, 0.25) is 0 Å². The summed E-state index contributed by atoms with van der Waals surface area (Å²) in [6.07, 6.45) is -8.49. The van der Waals surface area contributed by atoms with Gasteiger partial charge in [-0.15, -0.1) is 0 Å². The minimum atomic E-state index is -4.89. The summed E-state index contributed by atoms with van der Waals surface area (Å²) in [7, 11) is 0. The van der Waals surface area contributed by atoms with E-state index >= 15 is 0 Å². The number of rotatable bonds is 3. The first-order valence-electron chi connectivity index (χ1n) is 6.18. The first-order valence-corrected chi connectivity index (χ1v) is 6.18. The largest absolute Gasteiger partial charge is 0.452 e. The standard InChI is InChI=1S/C12H10F5N3O3/c13-5-11(4-9(12(15,16)17)23-10(18)19-11)7-3-6(20(21)22)1-2-8(7)14/h1-3,9H,4-5H2,(H2,18,19)/t9-,11+/m0/s1. The molecule has 0 saturated heterocycles. The molecule has 1 aromatic carbocycles. The van der Waals surface area contributed by atoms with Crippen molar-refractivity contribution in [2.24, 2.45) is 10.7 Å². The van der Waals surface area contributed by atoms with Crippen LogP contribution in [0, 0.1) is 15.9 Å². The molecule has 11 heteroatoms. The molecule has 23 heavy (non-hydrogen) atoms. The van der Waals surface area contributed by atoms with Crippen LogP contribution in [-0.4, -0.2) is 29.9 Å². The van der Waals surface area contributed by atoms with Crippen molar-refractivity contribution in [2.75, 3.05) is 6.67 Å². The molecular formula is C12H10F5N3O3. The van der Waals surface area contributed by atoms with Crippen molar-refractivity contribution in [2.45, 2.75) is 24.2 Å². The Balaban J connectivity index is 2.59. The van der Waals surface area contributed by atoms with E-state index in [1.807, 2.05) is 0 Å². The van der Waals surface area contributed by atoms with Crippen molar-refractivity contribution >= 4 is 11.7 Å². The Morgan fingerprint density at radius 2 is 2.13 bits per heavy atom. The molecule has 0 amide bonds. The van der Waals surface area contributed by atoms with Gasteiger partial charge in [0.25, 0.3) is 11.7 Å². The lowest BCUT2D eigenvalue weighted by molar-refractivity contribution is -0.385. The molecule has 6 nitrogen and oxygen atoms in total. The molecule has 2 rings (SSSR count). The molecule has 0 aliphatic carbocycles. The lowest BCUT2D eigenvalue weighted by Gasteiger charge is -2.36. The number of alkyl halides is 4. The third-order valence-corrected chi connectivity index (χ3v) is 3.36. The first kappa shape index (κ1) is 16.9. The second-order valence-corrected chi connectivity index (χ2v) is 4.89. The molecule has 0 saturated carbocycles. The van der Waals surface area contributed by atoms with Crippen LogP contribution >= 0.6 is 0 Å². The van der Waals surface area contributed by atoms with E-state index in [0.29, 0.717) is 12.1 Å². The Morgan fingerprint density at radius 1 is 1.48 bits per heavy atom. The summed E-state index contributed by atoms with van der Waals surface area (Å²) in [6, 6.07) is 1.14. The lowest BCUT2D eigenvalue weighted by atomic mass is 9.84. The molecule has 0 bridgehead atoms. The number of aliphatic imine (C=N–C) groups is 1. The highest BCUT2D eigenvalue weighted by atomic mass is 19.4. The zero-order chi connectivity index (χ0) is 17.4. The first-order chi connectivity index (χ1) is 10.6. The fourth-order valence-electron chi connectivity index (χ4n) is 2.27. The molecule has 2 atom stereocenters. The molecule has 1 aromatic rings. The van der Waals surface area contributed by atoms with Gasteiger partial charge in [-0.3, -0.25) is 10.1 Å². The summed E-state index contributed by atoms with van der Waals surface area (Å²) >= 11 is 0. The van der Waals surface area contributed by atoms with Crippen LogP contribution in [0.3, 0.4) is 0 Å². The van der Waals surface area contributed by atoms with Crippen molar-refractivity contribution < 1.29 is 31.6 Å². The molecule has 1 heterocycles. The van der Waals surface area contributed by atoms with Crippen LogP contribution in [0.5, 0.6) is 0 Å². The fraction of sp³-hybridized carbons (Fsp3) is 0.417. The summed E-state index contributed by atoms with van der Waals surface area (Å²) in [5.74, 6) is -1.13. The minimum Gasteiger partial charge on any atom is -0.452 e. The van der Waals surface area contributed by atoms with Crippen molar-refractivity contribution in [3.8, 4) is 0 Å². The Hall–Kier alpha value is -2.46. The zero-order valence-electron chi connectivity index (χ0n) is 11.3. The van der Waals surface area contributed by atoms with Crippen LogP contribution in [0.4, 0.5) is 27.6 Å². The molecule has 0 fully saturated rings. The number of hydrogen-bond donors (Lipinski definition) is 1. The van der Waals surface area contributed by atoms with Crippen molar-refractivity contribution in [3.63, 3.8) is 0 Å². The van der Waals surface area contributed by atoms with E-state index in [0.717, 1.165) is 6.07 Å². The number of nitro groups is 1. The Bertz CT molecular complexity index is 664. The maximum absolute atomic E-state index is 14.0. The van der Waals surface area contributed by atoms with E-state index in [9.17, 15) is 32.1 Å². The van der Waals surface area contributed by atoms with E-state index in [1.54, 1.807) is 0 Å². The van der Waals surface area contributed by atoms with Gasteiger partial charge in [0.15, 0.2) is 6.10 Å². The van der Waals surface area contributed by atoms with Crippen molar-refractivity contribution in [3.05, 3.63) is 39.7 Å². The second-order valence-electron chi connectivity index (χ2n) is 4.89. The number of non-ortho nitro benzene ring substituents is 1. The van der Waals surface area contributed by atoms with Gasteiger partial charge in [0, 0.05) is 24.1 Å². The number of nitrogens with two attached hydrogens (primary N) is 1. The summed E-state index contributed by atoms with van der Waals surface area (Å²) in [4.78, 5) is 13.3. The Labute approximate surface area is 125 Å². The van der Waals surface area contributed by atoms with Crippen LogP contribution in [0.1, 0.15) is 12.0 Å². The summed E-state index contributed by atoms with van der Waals surface area (Å²) < 4.78 is 70.4. The van der Waals surface area contributed by atoms with Crippen LogP contribution in [-0.2, 0) is 10.3 Å². The fourth-order valence-corrected chi connectivity index (χ4v) is 2.27. The van der Waals surface area contributed by atoms with Gasteiger partial charge in [0.1, 0.15) is 18.0 Å². The predicted molar refractivity (Wildman–Crippen MR) is 67.9 cm³/mol. The van der Waals surface area contributed by atoms with Gasteiger partial charge in [-0.25, -0.2) is 13.8 Å². The smallest absolute Gasteiger partial charge is 0.425 e. The maximum atomic E-state index is 14.0. The van der Waals surface area contributed by atoms with E-state index in [4.69, 9.17) is 5.73 Å². The van der Waals surface area contributed by atoms with Crippen LogP contribution in [0.2, 0.25) is 0 Å². The third-order valence-electron chi connectivity index (χ3n) is 3.36. The average Bonchev–Trinajstić information content (AvgIpc) is 2.45. The molecule has 0 aromatic heterocycles. The highest BCUT2D eigenvalue weighted by Gasteiger charge is 2.52. The van der Waals surface area contributed by atoms with E-state index in [2.05, 4.69) is 9.73 Å². The van der Waals surface area contributed by atoms with Gasteiger partial charge in [-0.2, -0.15) is 13.2 Å². The number of ether oxygens (including phenoxy) is 1. The molecule has 0 radical (unpaired) electrons. The van der Waals surface area contributed by atoms with Crippen molar-refractivity contribution in [1.82, 2.24) is 0 Å². The highest BCUT2D eigenvalue weighted by molar-refractivity contribution is 5.73. The van der Waals surface area contributed by atoms with Crippen LogP contribution < -0.4 is 5.73 Å². The lowest BCUT2D eigenvalue weighted by Crippen LogP contribution is -2.48. The highest BCUT2D eigenvalue weighted by Crippen LogP contribution is 2.42. The summed E-state index contributed by atoms with van der Waals surface area (Å²) in [5, 5.41) is 10.8. The molecule has 2 N–H and O–H groups in total. The van der Waals surface area contributed by atoms with Gasteiger partial charge in [-0.05, 0) is 6.07 Å². The molecular weight excluding hydrogens is 329 g/mol. The molecule has 1 aliphatic heterocycles. The van der Waals surface area contributed by atoms with Gasteiger partial charge >= 0.3 is 6.18 Å². The van der Waals surface area contributed by atoms with E-state index in [1.165, 1.54) is 0 Å². The molecule has 1 aliphatic rings. The molecule has 126 valence electrons. The topological polar surface area (TPSA) is 90.8 Å². The Kier molecular flexibility index (Phi) is 4.14. The SMILES string of the molecule is NC1=N[C@](CF)(c2cc([N+](=O)[O-])ccc2F)C[C@@H](C(F)(F)F)O1. The number of nitro benzene ring substituents is 1. The predicted octanol–water partition coefficient (Wildman–Crippen LogP) is 2.56. The van der Waals surface area contributed by atoms with E-state index < -0.39 is 58.9 Å². The number of benzene rings is 1. The number of hydrogen-bond acceptors (Lipinski definition) is 5. The average molecular weight is 339 g/mol. The molecule has 0 unspecified atom stereocenters. The minimum absolute atomic E-state index is 0.613. The Morgan fingerprint density at radius 3 is 2.65 bits per heavy atom. The quantitative estimate of drug-likeness (QED) is 0.520. The van der Waals surface area contributed by atoms with Crippen molar-refractivity contribution in [1.29, 1.82) is 0 Å². The maximum Gasteiger partial charge on any atom is 0.425 e. The van der Waals surface area contributed by atoms with Gasteiger partial charge < -0.3 is 10.5 Å². The van der Waals surface area contributed by atoms with Crippen LogP contribution in [0.15, 0.2) is 23.2 Å². The monoisotopic (exact) mass is 339 g/mol. The number of amidine groups is 1. The van der Waals surface area contributed by atoms with Gasteiger partial charge in [0.05, 0.1) is 4.92 Å².